The quantitative estimate of drug-likeness (QED) is 0.808. The van der Waals surface area contributed by atoms with Crippen LogP contribution in [0, 0.1) is 16.7 Å². The number of nitriles is 1. The van der Waals surface area contributed by atoms with Crippen molar-refractivity contribution in [2.75, 3.05) is 13.1 Å². The van der Waals surface area contributed by atoms with Gasteiger partial charge in [0.15, 0.2) is 0 Å². The first-order chi connectivity index (χ1) is 13.5. The molecule has 1 aliphatic heterocycles. The minimum absolute atomic E-state index is 0.0409. The van der Waals surface area contributed by atoms with Crippen molar-refractivity contribution >= 4 is 16.1 Å². The summed E-state index contributed by atoms with van der Waals surface area (Å²) in [4.78, 5) is 14.3. The molecule has 1 spiro atoms. The lowest BCUT2D eigenvalue weighted by atomic mass is 9.85. The number of hydrogen-bond acceptors (Lipinski definition) is 5. The van der Waals surface area contributed by atoms with E-state index < -0.39 is 15.6 Å². The fourth-order valence-electron chi connectivity index (χ4n) is 4.26. The summed E-state index contributed by atoms with van der Waals surface area (Å²) in [6.45, 7) is 6.82. The minimum Gasteiger partial charge on any atom is -0.444 e. The highest BCUT2D eigenvalue weighted by Crippen LogP contribution is 2.46. The van der Waals surface area contributed by atoms with Gasteiger partial charge in [-0.05, 0) is 69.6 Å². The molecule has 1 saturated carbocycles. The molecule has 2 unspecified atom stereocenters. The zero-order valence-corrected chi connectivity index (χ0v) is 18.1. The first-order valence-corrected chi connectivity index (χ1v) is 11.5. The third-order valence-electron chi connectivity index (χ3n) is 5.63. The predicted molar refractivity (Wildman–Crippen MR) is 109 cm³/mol. The fraction of sp³-hybridized carbons (Fsp3) is 0.619. The first kappa shape index (κ1) is 21.6. The Morgan fingerprint density at radius 3 is 2.62 bits per heavy atom. The average Bonchev–Trinajstić information content (AvgIpc) is 3.21. The summed E-state index contributed by atoms with van der Waals surface area (Å²) in [5.74, 6) is 0. The van der Waals surface area contributed by atoms with Gasteiger partial charge in [-0.2, -0.15) is 5.26 Å². The second-order valence-corrected chi connectivity index (χ2v) is 10.9. The Balaban J connectivity index is 1.59. The van der Waals surface area contributed by atoms with Gasteiger partial charge < -0.3 is 9.64 Å². The highest BCUT2D eigenvalue weighted by molar-refractivity contribution is 7.89. The van der Waals surface area contributed by atoms with Crippen LogP contribution >= 0.6 is 0 Å². The molecular weight excluding hydrogens is 390 g/mol. The van der Waals surface area contributed by atoms with Crippen LogP contribution in [0.1, 0.15) is 52.0 Å². The average molecular weight is 420 g/mol. The van der Waals surface area contributed by atoms with E-state index in [4.69, 9.17) is 10.00 Å². The van der Waals surface area contributed by atoms with Gasteiger partial charge in [0.1, 0.15) is 5.60 Å². The van der Waals surface area contributed by atoms with Crippen molar-refractivity contribution < 1.29 is 17.9 Å². The molecule has 2 aliphatic rings. The molecular formula is C21H29N3O4S. The van der Waals surface area contributed by atoms with E-state index in [2.05, 4.69) is 10.8 Å². The molecule has 0 aromatic heterocycles. The number of ether oxygens (including phenoxy) is 1. The van der Waals surface area contributed by atoms with Crippen LogP contribution < -0.4 is 4.72 Å². The number of sulfonamides is 1. The number of nitrogens with one attached hydrogen (secondary N) is 1. The van der Waals surface area contributed by atoms with Crippen LogP contribution in [-0.2, 0) is 21.2 Å². The lowest BCUT2D eigenvalue weighted by molar-refractivity contribution is 0.0273. The lowest BCUT2D eigenvalue weighted by Crippen LogP contribution is -2.37. The zero-order chi connectivity index (χ0) is 21.3. The number of benzene rings is 1. The number of carbonyl (C=O) groups is 1. The van der Waals surface area contributed by atoms with Crippen molar-refractivity contribution in [3.8, 4) is 6.07 Å². The molecule has 1 aromatic rings. The molecule has 29 heavy (non-hydrogen) atoms. The molecule has 0 bridgehead atoms. The molecule has 1 aliphatic carbocycles. The van der Waals surface area contributed by atoms with Gasteiger partial charge in [-0.25, -0.2) is 17.9 Å². The van der Waals surface area contributed by atoms with Crippen LogP contribution in [0.15, 0.2) is 29.2 Å². The molecule has 7 nitrogen and oxygen atoms in total. The van der Waals surface area contributed by atoms with E-state index in [1.165, 1.54) is 0 Å². The van der Waals surface area contributed by atoms with E-state index in [-0.39, 0.29) is 28.9 Å². The van der Waals surface area contributed by atoms with Gasteiger partial charge >= 0.3 is 6.09 Å². The van der Waals surface area contributed by atoms with Crippen LogP contribution in [0.2, 0.25) is 0 Å². The van der Waals surface area contributed by atoms with E-state index in [9.17, 15) is 13.2 Å². The Morgan fingerprint density at radius 2 is 2.00 bits per heavy atom. The highest BCUT2D eigenvalue weighted by atomic mass is 32.2. The summed E-state index contributed by atoms with van der Waals surface area (Å²) in [6.07, 6.45) is 3.20. The number of nitrogens with zero attached hydrogens (tertiary/aromatic N) is 2. The van der Waals surface area contributed by atoms with Crippen molar-refractivity contribution in [2.24, 2.45) is 5.41 Å². The van der Waals surface area contributed by atoms with Crippen molar-refractivity contribution in [1.29, 1.82) is 5.26 Å². The predicted octanol–water partition coefficient (Wildman–Crippen LogP) is 3.21. The van der Waals surface area contributed by atoms with E-state index in [0.29, 0.717) is 13.1 Å². The molecule has 3 rings (SSSR count). The van der Waals surface area contributed by atoms with E-state index >= 15 is 0 Å². The standard InChI is InChI=1S/C21H29N3O4S/c1-20(2,3)28-19(25)24-13-11-21(15-24)10-8-17(14-21)23-29(26,27)18-6-4-16(5-7-18)9-12-22/h4-7,17,23H,8-11,13-15H2,1-3H3. The normalized spacial score (nSPS) is 24.6. The first-order valence-electron chi connectivity index (χ1n) is 9.98. The summed E-state index contributed by atoms with van der Waals surface area (Å²) < 4.78 is 33.8. The molecule has 1 amide bonds. The summed E-state index contributed by atoms with van der Waals surface area (Å²) >= 11 is 0. The molecule has 1 heterocycles. The summed E-state index contributed by atoms with van der Waals surface area (Å²) in [6, 6.07) is 8.33. The highest BCUT2D eigenvalue weighted by Gasteiger charge is 2.46. The van der Waals surface area contributed by atoms with E-state index in [1.54, 1.807) is 29.2 Å². The van der Waals surface area contributed by atoms with Gasteiger partial charge in [0.25, 0.3) is 0 Å². The second kappa shape index (κ2) is 7.96. The topological polar surface area (TPSA) is 99.5 Å². The maximum atomic E-state index is 12.7. The summed E-state index contributed by atoms with van der Waals surface area (Å²) in [5, 5.41) is 8.73. The molecule has 8 heteroatoms. The Bertz CT molecular complexity index is 899. The van der Waals surface area contributed by atoms with Crippen molar-refractivity contribution in [3.05, 3.63) is 29.8 Å². The number of carbonyl (C=O) groups excluding carboxylic acids is 1. The second-order valence-electron chi connectivity index (χ2n) is 9.19. The maximum absolute atomic E-state index is 12.7. The molecule has 158 valence electrons. The molecule has 1 saturated heterocycles. The van der Waals surface area contributed by atoms with Crippen LogP contribution in [0.5, 0.6) is 0 Å². The maximum Gasteiger partial charge on any atom is 0.410 e. The van der Waals surface area contributed by atoms with Gasteiger partial charge in [0.05, 0.1) is 17.4 Å². The molecule has 1 aromatic carbocycles. The minimum atomic E-state index is -3.61. The summed E-state index contributed by atoms with van der Waals surface area (Å²) in [7, 11) is -3.61. The van der Waals surface area contributed by atoms with Crippen LogP contribution in [-0.4, -0.2) is 44.1 Å². The van der Waals surface area contributed by atoms with Gasteiger partial charge in [-0.15, -0.1) is 0 Å². The Kier molecular flexibility index (Phi) is 5.93. The molecule has 2 atom stereocenters. The van der Waals surface area contributed by atoms with Gasteiger partial charge in [-0.3, -0.25) is 0 Å². The Labute approximate surface area is 173 Å². The monoisotopic (exact) mass is 419 g/mol. The van der Waals surface area contributed by atoms with Gasteiger partial charge in [0, 0.05) is 19.1 Å². The lowest BCUT2D eigenvalue weighted by Gasteiger charge is -2.27. The van der Waals surface area contributed by atoms with Crippen molar-refractivity contribution in [1.82, 2.24) is 9.62 Å². The van der Waals surface area contributed by atoms with Gasteiger partial charge in [0.2, 0.25) is 10.0 Å². The molecule has 2 fully saturated rings. The van der Waals surface area contributed by atoms with E-state index in [0.717, 1.165) is 31.2 Å². The van der Waals surface area contributed by atoms with Crippen molar-refractivity contribution in [2.45, 2.75) is 69.4 Å². The van der Waals surface area contributed by atoms with Gasteiger partial charge in [-0.1, -0.05) is 12.1 Å². The third-order valence-corrected chi connectivity index (χ3v) is 7.17. The van der Waals surface area contributed by atoms with Crippen LogP contribution in [0.4, 0.5) is 4.79 Å². The zero-order valence-electron chi connectivity index (χ0n) is 17.3. The van der Waals surface area contributed by atoms with Crippen LogP contribution in [0.3, 0.4) is 0 Å². The van der Waals surface area contributed by atoms with Crippen LogP contribution in [0.25, 0.3) is 0 Å². The van der Waals surface area contributed by atoms with Crippen molar-refractivity contribution in [3.63, 3.8) is 0 Å². The molecule has 0 radical (unpaired) electrons. The smallest absolute Gasteiger partial charge is 0.410 e. The Hall–Kier alpha value is -2.11. The number of likely N-dealkylation sites (tertiary alicyclic amines) is 1. The summed E-state index contributed by atoms with van der Waals surface area (Å²) in [5.41, 5.74) is 0.226. The number of amides is 1. The fourth-order valence-corrected chi connectivity index (χ4v) is 5.53. The SMILES string of the molecule is CC(C)(C)OC(=O)N1CCC2(CCC(NS(=O)(=O)c3ccc(CC#N)cc3)C2)C1. The number of hydrogen-bond donors (Lipinski definition) is 1. The Morgan fingerprint density at radius 1 is 1.31 bits per heavy atom. The largest absolute Gasteiger partial charge is 0.444 e. The molecule has 1 N–H and O–H groups in total. The van der Waals surface area contributed by atoms with E-state index in [1.807, 2.05) is 20.8 Å². The number of rotatable bonds is 4. The third kappa shape index (κ3) is 5.28.